The van der Waals surface area contributed by atoms with Crippen LogP contribution in [0, 0.1) is 16.7 Å². The van der Waals surface area contributed by atoms with Gasteiger partial charge in [-0.3, -0.25) is 0 Å². The van der Waals surface area contributed by atoms with E-state index in [1.165, 1.54) is 12.8 Å². The van der Waals surface area contributed by atoms with Crippen molar-refractivity contribution in [3.8, 4) is 0 Å². The van der Waals surface area contributed by atoms with Crippen molar-refractivity contribution in [3.05, 3.63) is 0 Å². The van der Waals surface area contributed by atoms with Crippen molar-refractivity contribution < 1.29 is 0 Å². The molecule has 2 unspecified atom stereocenters. The van der Waals surface area contributed by atoms with Gasteiger partial charge in [0, 0.05) is 25.2 Å². The molecule has 2 nitrogen and oxygen atoms in total. The lowest BCUT2D eigenvalue weighted by Gasteiger charge is -2.43. The highest BCUT2D eigenvalue weighted by Crippen LogP contribution is 2.65. The van der Waals surface area contributed by atoms with Gasteiger partial charge in [0.1, 0.15) is 0 Å². The zero-order chi connectivity index (χ0) is 9.97. The summed E-state index contributed by atoms with van der Waals surface area (Å²) in [5, 5.41) is 7.48. The van der Waals surface area contributed by atoms with Crippen LogP contribution in [0.15, 0.2) is 0 Å². The van der Waals surface area contributed by atoms with Crippen molar-refractivity contribution in [1.82, 2.24) is 10.6 Å². The first-order valence-corrected chi connectivity index (χ1v) is 6.04. The van der Waals surface area contributed by atoms with E-state index in [0.29, 0.717) is 10.8 Å². The zero-order valence-electron chi connectivity index (χ0n) is 9.56. The van der Waals surface area contributed by atoms with E-state index < -0.39 is 0 Å². The SMILES string of the molecule is CC1(C)[C@@H]2CC[C@@]1(C)C1NCCNC12. The molecule has 2 heteroatoms. The van der Waals surface area contributed by atoms with E-state index in [1.54, 1.807) is 0 Å². The lowest BCUT2D eigenvalue weighted by atomic mass is 9.69. The molecule has 14 heavy (non-hydrogen) atoms. The molecule has 0 radical (unpaired) electrons. The van der Waals surface area contributed by atoms with Crippen LogP contribution in [0.25, 0.3) is 0 Å². The van der Waals surface area contributed by atoms with Crippen molar-refractivity contribution >= 4 is 0 Å². The zero-order valence-corrected chi connectivity index (χ0v) is 9.56. The van der Waals surface area contributed by atoms with E-state index in [1.807, 2.05) is 0 Å². The fourth-order valence-electron chi connectivity index (χ4n) is 4.45. The second kappa shape index (κ2) is 2.53. The molecule has 2 saturated carbocycles. The summed E-state index contributed by atoms with van der Waals surface area (Å²) in [6.07, 6.45) is 2.85. The predicted molar refractivity (Wildman–Crippen MR) is 58.2 cm³/mol. The van der Waals surface area contributed by atoms with Gasteiger partial charge in [-0.05, 0) is 29.6 Å². The van der Waals surface area contributed by atoms with Gasteiger partial charge in [0.15, 0.2) is 0 Å². The van der Waals surface area contributed by atoms with Crippen LogP contribution in [0.4, 0.5) is 0 Å². The Morgan fingerprint density at radius 2 is 1.79 bits per heavy atom. The predicted octanol–water partition coefficient (Wildman–Crippen LogP) is 1.37. The van der Waals surface area contributed by atoms with E-state index in [-0.39, 0.29) is 0 Å². The summed E-state index contributed by atoms with van der Waals surface area (Å²) in [7, 11) is 0. The minimum atomic E-state index is 0.521. The molecule has 0 aromatic rings. The largest absolute Gasteiger partial charge is 0.311 e. The third-order valence-corrected chi connectivity index (χ3v) is 5.72. The fourth-order valence-corrected chi connectivity index (χ4v) is 4.45. The van der Waals surface area contributed by atoms with Crippen LogP contribution in [0.2, 0.25) is 0 Å². The number of rotatable bonds is 0. The highest BCUT2D eigenvalue weighted by atomic mass is 15.1. The Kier molecular flexibility index (Phi) is 1.66. The van der Waals surface area contributed by atoms with Gasteiger partial charge in [-0.15, -0.1) is 0 Å². The summed E-state index contributed by atoms with van der Waals surface area (Å²) in [5.74, 6) is 0.894. The molecular formula is C12H22N2. The Balaban J connectivity index is 2.02. The summed E-state index contributed by atoms with van der Waals surface area (Å²) in [6.45, 7) is 9.76. The fraction of sp³-hybridized carbons (Fsp3) is 1.00. The number of fused-ring (bicyclic) bond motifs is 5. The Labute approximate surface area is 86.8 Å². The lowest BCUT2D eigenvalue weighted by molar-refractivity contribution is 0.115. The van der Waals surface area contributed by atoms with Crippen molar-refractivity contribution in [2.75, 3.05) is 13.1 Å². The number of hydrogen-bond donors (Lipinski definition) is 2. The highest BCUT2D eigenvalue weighted by Gasteiger charge is 2.66. The number of nitrogens with one attached hydrogen (secondary N) is 2. The molecule has 1 saturated heterocycles. The van der Waals surface area contributed by atoms with Crippen LogP contribution >= 0.6 is 0 Å². The summed E-state index contributed by atoms with van der Waals surface area (Å²) in [5.41, 5.74) is 1.04. The van der Waals surface area contributed by atoms with Crippen LogP contribution < -0.4 is 10.6 Å². The van der Waals surface area contributed by atoms with E-state index in [0.717, 1.165) is 31.1 Å². The maximum Gasteiger partial charge on any atom is 0.0283 e. The molecule has 0 aromatic carbocycles. The first kappa shape index (κ1) is 9.17. The van der Waals surface area contributed by atoms with E-state index in [4.69, 9.17) is 0 Å². The average molecular weight is 194 g/mol. The molecule has 4 atom stereocenters. The summed E-state index contributed by atoms with van der Waals surface area (Å²) in [4.78, 5) is 0. The van der Waals surface area contributed by atoms with Gasteiger partial charge in [0.05, 0.1) is 0 Å². The van der Waals surface area contributed by atoms with E-state index in [9.17, 15) is 0 Å². The average Bonchev–Trinajstić information content (AvgIpc) is 2.49. The molecule has 0 aromatic heterocycles. The van der Waals surface area contributed by atoms with Crippen LogP contribution in [0.1, 0.15) is 33.6 Å². The summed E-state index contributed by atoms with van der Waals surface area (Å²) >= 11 is 0. The van der Waals surface area contributed by atoms with Crippen LogP contribution in [-0.2, 0) is 0 Å². The first-order valence-electron chi connectivity index (χ1n) is 6.04. The monoisotopic (exact) mass is 194 g/mol. The minimum Gasteiger partial charge on any atom is -0.311 e. The third-order valence-electron chi connectivity index (χ3n) is 5.72. The topological polar surface area (TPSA) is 24.1 Å². The van der Waals surface area contributed by atoms with Gasteiger partial charge in [-0.2, -0.15) is 0 Å². The van der Waals surface area contributed by atoms with E-state index in [2.05, 4.69) is 31.4 Å². The standard InChI is InChI=1S/C12H22N2/c1-11(2)8-4-5-12(11,3)10-9(8)13-6-7-14-10/h8-10,13-14H,4-7H2,1-3H3/t8-,9?,10?,12+/m1/s1. The van der Waals surface area contributed by atoms with Gasteiger partial charge >= 0.3 is 0 Å². The Bertz CT molecular complexity index is 261. The third kappa shape index (κ3) is 0.809. The molecule has 1 heterocycles. The van der Waals surface area contributed by atoms with Gasteiger partial charge < -0.3 is 10.6 Å². The molecule has 3 fully saturated rings. The van der Waals surface area contributed by atoms with E-state index >= 15 is 0 Å². The Morgan fingerprint density at radius 1 is 1.07 bits per heavy atom. The molecule has 0 spiro atoms. The second-order valence-corrected chi connectivity index (χ2v) is 6.20. The highest BCUT2D eigenvalue weighted by molar-refractivity contribution is 5.20. The van der Waals surface area contributed by atoms with Crippen LogP contribution in [0.5, 0.6) is 0 Å². The van der Waals surface area contributed by atoms with Crippen molar-refractivity contribution in [3.63, 3.8) is 0 Å². The Morgan fingerprint density at radius 3 is 2.50 bits per heavy atom. The molecule has 3 rings (SSSR count). The number of piperazine rings is 1. The molecule has 2 N–H and O–H groups in total. The molecule has 2 bridgehead atoms. The van der Waals surface area contributed by atoms with Crippen molar-refractivity contribution in [2.45, 2.75) is 45.7 Å². The second-order valence-electron chi connectivity index (χ2n) is 6.20. The number of hydrogen-bond acceptors (Lipinski definition) is 2. The minimum absolute atomic E-state index is 0.521. The summed E-state index contributed by atoms with van der Waals surface area (Å²) in [6, 6.07) is 1.47. The maximum absolute atomic E-state index is 3.75. The van der Waals surface area contributed by atoms with Crippen molar-refractivity contribution in [1.29, 1.82) is 0 Å². The first-order chi connectivity index (χ1) is 6.57. The van der Waals surface area contributed by atoms with Crippen molar-refractivity contribution in [2.24, 2.45) is 16.7 Å². The molecule has 0 amide bonds. The quantitative estimate of drug-likeness (QED) is 0.608. The van der Waals surface area contributed by atoms with Gasteiger partial charge in [-0.25, -0.2) is 0 Å². The molecular weight excluding hydrogens is 172 g/mol. The van der Waals surface area contributed by atoms with Crippen LogP contribution in [-0.4, -0.2) is 25.2 Å². The van der Waals surface area contributed by atoms with Gasteiger partial charge in [0.25, 0.3) is 0 Å². The molecule has 1 aliphatic heterocycles. The van der Waals surface area contributed by atoms with Crippen LogP contribution in [0.3, 0.4) is 0 Å². The smallest absolute Gasteiger partial charge is 0.0283 e. The lowest BCUT2D eigenvalue weighted by Crippen LogP contribution is -2.60. The Hall–Kier alpha value is -0.0800. The van der Waals surface area contributed by atoms with Gasteiger partial charge in [0.2, 0.25) is 0 Å². The normalized spacial score (nSPS) is 54.6. The van der Waals surface area contributed by atoms with Gasteiger partial charge in [-0.1, -0.05) is 20.8 Å². The molecule has 2 aliphatic carbocycles. The summed E-state index contributed by atoms with van der Waals surface area (Å²) < 4.78 is 0. The molecule has 80 valence electrons. The molecule has 3 aliphatic rings. The maximum atomic E-state index is 3.75.